The van der Waals surface area contributed by atoms with Gasteiger partial charge in [0.25, 0.3) is 0 Å². The second-order valence-corrected chi connectivity index (χ2v) is 4.67. The van der Waals surface area contributed by atoms with Crippen LogP contribution >= 0.6 is 22.9 Å². The molecule has 0 saturated carbocycles. The summed E-state index contributed by atoms with van der Waals surface area (Å²) in [5.41, 5.74) is 1.07. The van der Waals surface area contributed by atoms with Gasteiger partial charge < -0.3 is 5.11 Å². The molecular formula is C11H8ClNO2S. The summed E-state index contributed by atoms with van der Waals surface area (Å²) >= 11 is 7.39. The lowest BCUT2D eigenvalue weighted by Crippen LogP contribution is -1.98. The van der Waals surface area contributed by atoms with Crippen LogP contribution in [-0.4, -0.2) is 16.1 Å². The molecule has 5 heteroatoms. The molecule has 0 spiro atoms. The first-order valence-corrected chi connectivity index (χ1v) is 5.82. The third-order valence-electron chi connectivity index (χ3n) is 2.04. The number of carboxylic acid groups (broad SMARTS) is 1. The summed E-state index contributed by atoms with van der Waals surface area (Å²) < 4.78 is 0. The fourth-order valence-corrected chi connectivity index (χ4v) is 2.30. The molecule has 0 unspecified atom stereocenters. The van der Waals surface area contributed by atoms with E-state index in [1.165, 1.54) is 17.4 Å². The van der Waals surface area contributed by atoms with Crippen molar-refractivity contribution in [3.8, 4) is 0 Å². The first kappa shape index (κ1) is 11.1. The highest BCUT2D eigenvalue weighted by Gasteiger charge is 2.07. The van der Waals surface area contributed by atoms with Gasteiger partial charge in [-0.25, -0.2) is 9.78 Å². The number of rotatable bonds is 3. The van der Waals surface area contributed by atoms with Crippen LogP contribution < -0.4 is 0 Å². The fourth-order valence-electron chi connectivity index (χ4n) is 1.39. The molecule has 0 amide bonds. The largest absolute Gasteiger partial charge is 0.478 e. The number of halogens is 1. The molecule has 0 aliphatic heterocycles. The highest BCUT2D eigenvalue weighted by molar-refractivity contribution is 7.09. The van der Waals surface area contributed by atoms with E-state index in [1.807, 2.05) is 5.38 Å². The van der Waals surface area contributed by atoms with Crippen LogP contribution in [0.25, 0.3) is 0 Å². The molecule has 1 N–H and O–H groups in total. The van der Waals surface area contributed by atoms with Gasteiger partial charge in [0.1, 0.15) is 0 Å². The Morgan fingerprint density at radius 2 is 2.25 bits per heavy atom. The van der Waals surface area contributed by atoms with E-state index in [0.717, 1.165) is 10.6 Å². The van der Waals surface area contributed by atoms with Crippen LogP contribution in [0, 0.1) is 0 Å². The molecule has 2 aromatic rings. The summed E-state index contributed by atoms with van der Waals surface area (Å²) in [7, 11) is 0. The molecule has 0 fully saturated rings. The predicted molar refractivity (Wildman–Crippen MR) is 63.3 cm³/mol. The van der Waals surface area contributed by atoms with Crippen LogP contribution in [0.1, 0.15) is 20.9 Å². The maximum atomic E-state index is 10.8. The van der Waals surface area contributed by atoms with E-state index >= 15 is 0 Å². The third kappa shape index (κ3) is 2.59. The number of carboxylic acids is 1. The Bertz CT molecular complexity index is 511. The van der Waals surface area contributed by atoms with Gasteiger partial charge in [-0.1, -0.05) is 11.6 Å². The molecule has 1 aromatic heterocycles. The van der Waals surface area contributed by atoms with Crippen LogP contribution in [0.2, 0.25) is 5.02 Å². The lowest BCUT2D eigenvalue weighted by Gasteiger charge is -2.02. The van der Waals surface area contributed by atoms with E-state index in [1.54, 1.807) is 18.3 Å². The summed E-state index contributed by atoms with van der Waals surface area (Å²) in [6.45, 7) is 0. The Hall–Kier alpha value is -1.39. The molecule has 0 aliphatic rings. The molecule has 0 atom stereocenters. The minimum atomic E-state index is -0.970. The first-order valence-electron chi connectivity index (χ1n) is 4.56. The highest BCUT2D eigenvalue weighted by atomic mass is 35.5. The van der Waals surface area contributed by atoms with Crippen LogP contribution in [0.5, 0.6) is 0 Å². The zero-order valence-corrected chi connectivity index (χ0v) is 9.76. The zero-order chi connectivity index (χ0) is 11.5. The van der Waals surface area contributed by atoms with E-state index in [0.29, 0.717) is 11.4 Å². The van der Waals surface area contributed by atoms with Gasteiger partial charge in [0.15, 0.2) is 0 Å². The Kier molecular flexibility index (Phi) is 3.22. The summed E-state index contributed by atoms with van der Waals surface area (Å²) in [5.74, 6) is -0.970. The standard InChI is InChI=1S/C11H8ClNO2S/c12-9-4-7(3-8(6-9)11(14)15)5-10-13-1-2-16-10/h1-4,6H,5H2,(H,14,15). The van der Waals surface area contributed by atoms with Crippen molar-refractivity contribution < 1.29 is 9.90 Å². The number of carbonyl (C=O) groups is 1. The van der Waals surface area contributed by atoms with Gasteiger partial charge >= 0.3 is 5.97 Å². The molecule has 0 aliphatic carbocycles. The highest BCUT2D eigenvalue weighted by Crippen LogP contribution is 2.19. The smallest absolute Gasteiger partial charge is 0.335 e. The number of aromatic carboxylic acids is 1. The topological polar surface area (TPSA) is 50.2 Å². The fraction of sp³-hybridized carbons (Fsp3) is 0.0909. The van der Waals surface area contributed by atoms with Gasteiger partial charge in [-0.05, 0) is 23.8 Å². The summed E-state index contributed by atoms with van der Waals surface area (Å²) in [6, 6.07) is 4.82. The number of nitrogens with zero attached hydrogens (tertiary/aromatic N) is 1. The van der Waals surface area contributed by atoms with Gasteiger partial charge in [-0.15, -0.1) is 11.3 Å². The predicted octanol–water partition coefficient (Wildman–Crippen LogP) is 3.09. The van der Waals surface area contributed by atoms with Crippen molar-refractivity contribution in [3.63, 3.8) is 0 Å². The average molecular weight is 254 g/mol. The number of thiazole rings is 1. The van der Waals surface area contributed by atoms with E-state index < -0.39 is 5.97 Å². The number of hydrogen-bond acceptors (Lipinski definition) is 3. The monoisotopic (exact) mass is 253 g/mol. The molecule has 0 saturated heterocycles. The Morgan fingerprint density at radius 1 is 1.44 bits per heavy atom. The van der Waals surface area contributed by atoms with E-state index in [2.05, 4.69) is 4.98 Å². The van der Waals surface area contributed by atoms with Gasteiger partial charge in [0.05, 0.1) is 10.6 Å². The second-order valence-electron chi connectivity index (χ2n) is 3.26. The quantitative estimate of drug-likeness (QED) is 0.915. The average Bonchev–Trinajstić information content (AvgIpc) is 2.69. The minimum Gasteiger partial charge on any atom is -0.478 e. The normalized spacial score (nSPS) is 10.3. The Labute approximate surface area is 101 Å². The van der Waals surface area contributed by atoms with Gasteiger partial charge in [-0.3, -0.25) is 0 Å². The lowest BCUT2D eigenvalue weighted by atomic mass is 10.1. The van der Waals surface area contributed by atoms with Gasteiger partial charge in [0, 0.05) is 23.0 Å². The second kappa shape index (κ2) is 4.63. The van der Waals surface area contributed by atoms with Crippen molar-refractivity contribution in [2.24, 2.45) is 0 Å². The van der Waals surface area contributed by atoms with Crippen molar-refractivity contribution in [2.75, 3.05) is 0 Å². The van der Waals surface area contributed by atoms with Crippen molar-refractivity contribution in [3.05, 3.63) is 50.9 Å². The van der Waals surface area contributed by atoms with Crippen LogP contribution in [-0.2, 0) is 6.42 Å². The number of aromatic nitrogens is 1. The van der Waals surface area contributed by atoms with Crippen LogP contribution in [0.4, 0.5) is 0 Å². The van der Waals surface area contributed by atoms with Gasteiger partial charge in [-0.2, -0.15) is 0 Å². The van der Waals surface area contributed by atoms with E-state index in [4.69, 9.17) is 16.7 Å². The van der Waals surface area contributed by atoms with Crippen molar-refractivity contribution in [2.45, 2.75) is 6.42 Å². The summed E-state index contributed by atoms with van der Waals surface area (Å²) in [5, 5.41) is 12.2. The minimum absolute atomic E-state index is 0.207. The number of hydrogen-bond donors (Lipinski definition) is 1. The maximum absolute atomic E-state index is 10.8. The molecule has 2 rings (SSSR count). The molecule has 82 valence electrons. The molecule has 16 heavy (non-hydrogen) atoms. The summed E-state index contributed by atoms with van der Waals surface area (Å²) in [4.78, 5) is 15.0. The number of benzene rings is 1. The first-order chi connectivity index (χ1) is 7.65. The molecule has 1 heterocycles. The Balaban J connectivity index is 2.31. The third-order valence-corrected chi connectivity index (χ3v) is 3.04. The Morgan fingerprint density at radius 3 is 2.88 bits per heavy atom. The van der Waals surface area contributed by atoms with Crippen molar-refractivity contribution in [1.82, 2.24) is 4.98 Å². The van der Waals surface area contributed by atoms with Crippen LogP contribution in [0.15, 0.2) is 29.8 Å². The van der Waals surface area contributed by atoms with Crippen molar-refractivity contribution in [1.29, 1.82) is 0 Å². The van der Waals surface area contributed by atoms with E-state index in [-0.39, 0.29) is 5.56 Å². The molecule has 0 radical (unpaired) electrons. The molecule has 1 aromatic carbocycles. The zero-order valence-electron chi connectivity index (χ0n) is 8.18. The molecule has 0 bridgehead atoms. The molecular weight excluding hydrogens is 246 g/mol. The SMILES string of the molecule is O=C(O)c1cc(Cl)cc(Cc2nccs2)c1. The van der Waals surface area contributed by atoms with Gasteiger partial charge in [0.2, 0.25) is 0 Å². The molecule has 3 nitrogen and oxygen atoms in total. The van der Waals surface area contributed by atoms with Crippen LogP contribution in [0.3, 0.4) is 0 Å². The van der Waals surface area contributed by atoms with E-state index in [9.17, 15) is 4.79 Å². The summed E-state index contributed by atoms with van der Waals surface area (Å²) in [6.07, 6.45) is 2.33. The maximum Gasteiger partial charge on any atom is 0.335 e. The lowest BCUT2D eigenvalue weighted by molar-refractivity contribution is 0.0697. The van der Waals surface area contributed by atoms with Crippen molar-refractivity contribution >= 4 is 28.9 Å².